The van der Waals surface area contributed by atoms with Crippen molar-refractivity contribution in [3.8, 4) is 0 Å². The Bertz CT molecular complexity index is 947. The third kappa shape index (κ3) is 5.91. The first-order valence-electron chi connectivity index (χ1n) is 10.7. The van der Waals surface area contributed by atoms with Gasteiger partial charge in [0, 0.05) is 25.6 Å². The lowest BCUT2D eigenvalue weighted by atomic mass is 10.1. The van der Waals surface area contributed by atoms with E-state index in [2.05, 4.69) is 10.6 Å². The van der Waals surface area contributed by atoms with Crippen molar-refractivity contribution < 1.29 is 33.0 Å². The van der Waals surface area contributed by atoms with Crippen LogP contribution in [-0.2, 0) is 32.2 Å². The van der Waals surface area contributed by atoms with Crippen molar-refractivity contribution in [2.24, 2.45) is 0 Å². The maximum atomic E-state index is 14.0. The maximum absolute atomic E-state index is 14.0. The zero-order valence-electron chi connectivity index (χ0n) is 19.1. The largest absolute Gasteiger partial charge is 0.444 e. The number of nitrogens with one attached hydrogen (secondary N) is 2. The molecule has 33 heavy (non-hydrogen) atoms. The fourth-order valence-electron chi connectivity index (χ4n) is 3.86. The van der Waals surface area contributed by atoms with Gasteiger partial charge in [-0.25, -0.2) is 14.0 Å². The minimum absolute atomic E-state index is 0.00614. The lowest BCUT2D eigenvalue weighted by molar-refractivity contribution is -0.137. The summed E-state index contributed by atoms with van der Waals surface area (Å²) in [5, 5.41) is 4.87. The molecule has 0 aliphatic carbocycles. The van der Waals surface area contributed by atoms with Gasteiger partial charge in [-0.2, -0.15) is 0 Å². The van der Waals surface area contributed by atoms with Crippen LogP contribution in [0.15, 0.2) is 18.2 Å². The van der Waals surface area contributed by atoms with Crippen molar-refractivity contribution in [1.29, 1.82) is 0 Å². The number of carbonyl (C=O) groups excluding carboxylic acids is 4. The fraction of sp³-hybridized carbons (Fsp3) is 0.545. The number of hydrogen-bond donors (Lipinski definition) is 2. The summed E-state index contributed by atoms with van der Waals surface area (Å²) in [6.07, 6.45) is -2.01. The van der Waals surface area contributed by atoms with E-state index < -0.39 is 41.7 Å². The number of alkyl carbamates (subject to hydrolysis) is 1. The highest BCUT2D eigenvalue weighted by Crippen LogP contribution is 2.27. The lowest BCUT2D eigenvalue weighted by Crippen LogP contribution is -2.48. The van der Waals surface area contributed by atoms with E-state index in [9.17, 15) is 23.6 Å². The van der Waals surface area contributed by atoms with E-state index in [-0.39, 0.29) is 38.4 Å². The summed E-state index contributed by atoms with van der Waals surface area (Å²) in [5.74, 6) is -1.30. The first kappa shape index (κ1) is 24.3. The number of rotatable bonds is 4. The van der Waals surface area contributed by atoms with Crippen LogP contribution in [0.1, 0.15) is 38.3 Å². The smallest absolute Gasteiger partial charge is 0.410 e. The van der Waals surface area contributed by atoms with E-state index >= 15 is 0 Å². The molecule has 2 atom stereocenters. The SMILES string of the molecule is CNC(=O)[C@@H]1C[C@@H](OC(=O)N2Cc3cccc(F)c3C2)CN1C(=O)CNC(=O)OC(C)(C)C. The third-order valence-electron chi connectivity index (χ3n) is 5.37. The van der Waals surface area contributed by atoms with Crippen LogP contribution in [-0.4, -0.2) is 71.7 Å². The summed E-state index contributed by atoms with van der Waals surface area (Å²) >= 11 is 0. The maximum Gasteiger partial charge on any atom is 0.410 e. The van der Waals surface area contributed by atoms with Crippen LogP contribution in [0.5, 0.6) is 0 Å². The molecule has 1 fully saturated rings. The summed E-state index contributed by atoms with van der Waals surface area (Å²) in [5.41, 5.74) is 0.448. The van der Waals surface area contributed by atoms with E-state index in [4.69, 9.17) is 9.47 Å². The minimum Gasteiger partial charge on any atom is -0.444 e. The fourth-order valence-corrected chi connectivity index (χ4v) is 3.86. The number of likely N-dealkylation sites (tertiary alicyclic amines) is 1. The zero-order valence-corrected chi connectivity index (χ0v) is 19.1. The summed E-state index contributed by atoms with van der Waals surface area (Å²) in [6, 6.07) is 3.82. The number of fused-ring (bicyclic) bond motifs is 1. The van der Waals surface area contributed by atoms with Crippen LogP contribution < -0.4 is 10.6 Å². The number of amides is 4. The Balaban J connectivity index is 1.59. The van der Waals surface area contributed by atoms with Crippen molar-refractivity contribution in [2.75, 3.05) is 20.1 Å². The molecule has 0 saturated carbocycles. The summed E-state index contributed by atoms with van der Waals surface area (Å²) in [6.45, 7) is 5.03. The Morgan fingerprint density at radius 1 is 1.18 bits per heavy atom. The molecule has 1 aromatic rings. The molecule has 2 N–H and O–H groups in total. The van der Waals surface area contributed by atoms with Crippen LogP contribution in [0.2, 0.25) is 0 Å². The molecule has 10 nitrogen and oxygen atoms in total. The van der Waals surface area contributed by atoms with Gasteiger partial charge in [-0.15, -0.1) is 0 Å². The van der Waals surface area contributed by atoms with E-state index in [1.165, 1.54) is 22.9 Å². The lowest BCUT2D eigenvalue weighted by Gasteiger charge is -2.24. The van der Waals surface area contributed by atoms with Gasteiger partial charge in [0.05, 0.1) is 13.1 Å². The zero-order chi connectivity index (χ0) is 24.3. The molecule has 0 unspecified atom stereocenters. The molecule has 11 heteroatoms. The van der Waals surface area contributed by atoms with Gasteiger partial charge in [0.1, 0.15) is 30.1 Å². The Morgan fingerprint density at radius 2 is 1.91 bits per heavy atom. The molecule has 0 spiro atoms. The Kier molecular flexibility index (Phi) is 7.09. The molecule has 0 aromatic heterocycles. The van der Waals surface area contributed by atoms with E-state index in [0.717, 1.165) is 0 Å². The highest BCUT2D eigenvalue weighted by molar-refractivity contribution is 5.90. The third-order valence-corrected chi connectivity index (χ3v) is 5.37. The van der Waals surface area contributed by atoms with Crippen molar-refractivity contribution >= 4 is 24.0 Å². The van der Waals surface area contributed by atoms with Gasteiger partial charge >= 0.3 is 12.2 Å². The van der Waals surface area contributed by atoms with E-state index in [1.54, 1.807) is 32.9 Å². The number of hydrogen-bond acceptors (Lipinski definition) is 6. The molecule has 180 valence electrons. The molecule has 0 radical (unpaired) electrons. The standard InChI is InChI=1S/C22H29FN4O6/c1-22(2,3)33-20(30)25-9-18(28)27-11-14(8-17(27)19(29)24-4)32-21(31)26-10-13-6-5-7-16(23)15(13)12-26/h5-7,14,17H,8-12H2,1-4H3,(H,24,29)(H,25,30)/t14-,17+/m1/s1. The monoisotopic (exact) mass is 464 g/mol. The van der Waals surface area contributed by atoms with Crippen molar-refractivity contribution in [3.05, 3.63) is 35.1 Å². The van der Waals surface area contributed by atoms with Crippen LogP contribution in [0, 0.1) is 5.82 Å². The average molecular weight is 464 g/mol. The van der Waals surface area contributed by atoms with Gasteiger partial charge in [0.2, 0.25) is 11.8 Å². The van der Waals surface area contributed by atoms with Crippen LogP contribution in [0.25, 0.3) is 0 Å². The average Bonchev–Trinajstić information content (AvgIpc) is 3.35. The highest BCUT2D eigenvalue weighted by Gasteiger charge is 2.42. The normalized spacial score (nSPS) is 19.7. The number of nitrogens with zero attached hydrogens (tertiary/aromatic N) is 2. The second-order valence-corrected chi connectivity index (χ2v) is 9.01. The molecule has 3 rings (SSSR count). The summed E-state index contributed by atoms with van der Waals surface area (Å²) in [7, 11) is 1.44. The van der Waals surface area contributed by atoms with E-state index in [1.807, 2.05) is 0 Å². The second kappa shape index (κ2) is 9.63. The molecular formula is C22H29FN4O6. The highest BCUT2D eigenvalue weighted by atomic mass is 19.1. The number of halogens is 1. The van der Waals surface area contributed by atoms with Gasteiger partial charge in [-0.05, 0) is 32.4 Å². The van der Waals surface area contributed by atoms with Crippen LogP contribution in [0.3, 0.4) is 0 Å². The molecule has 2 heterocycles. The predicted molar refractivity (Wildman–Crippen MR) is 114 cm³/mol. The molecule has 1 saturated heterocycles. The Morgan fingerprint density at radius 3 is 2.55 bits per heavy atom. The Labute approximate surface area is 191 Å². The molecule has 2 aliphatic rings. The molecule has 1 aromatic carbocycles. The second-order valence-electron chi connectivity index (χ2n) is 9.01. The predicted octanol–water partition coefficient (Wildman–Crippen LogP) is 1.52. The van der Waals surface area contributed by atoms with Crippen LogP contribution >= 0.6 is 0 Å². The van der Waals surface area contributed by atoms with Gasteiger partial charge in [0.25, 0.3) is 0 Å². The topological polar surface area (TPSA) is 117 Å². The minimum atomic E-state index is -0.853. The molecule has 4 amide bonds. The number of carbonyl (C=O) groups is 4. The van der Waals surface area contributed by atoms with E-state index in [0.29, 0.717) is 11.1 Å². The Hall–Kier alpha value is -3.37. The number of likely N-dealkylation sites (N-methyl/N-ethyl adjacent to an activating group) is 1. The molecule has 0 bridgehead atoms. The summed E-state index contributed by atoms with van der Waals surface area (Å²) in [4.78, 5) is 52.2. The van der Waals surface area contributed by atoms with Crippen LogP contribution in [0.4, 0.5) is 14.0 Å². The first-order chi connectivity index (χ1) is 15.5. The number of benzene rings is 1. The first-order valence-corrected chi connectivity index (χ1v) is 10.7. The van der Waals surface area contributed by atoms with Gasteiger partial charge < -0.3 is 25.0 Å². The van der Waals surface area contributed by atoms with Gasteiger partial charge in [-0.3, -0.25) is 14.5 Å². The quantitative estimate of drug-likeness (QED) is 0.698. The van der Waals surface area contributed by atoms with Crippen molar-refractivity contribution in [2.45, 2.75) is 58.0 Å². The van der Waals surface area contributed by atoms with Crippen molar-refractivity contribution in [1.82, 2.24) is 20.4 Å². The van der Waals surface area contributed by atoms with Gasteiger partial charge in [0.15, 0.2) is 0 Å². The molecule has 2 aliphatic heterocycles. The summed E-state index contributed by atoms with van der Waals surface area (Å²) < 4.78 is 24.6. The molecular weight excluding hydrogens is 435 g/mol. The number of ether oxygens (including phenoxy) is 2. The van der Waals surface area contributed by atoms with Gasteiger partial charge in [-0.1, -0.05) is 12.1 Å². The van der Waals surface area contributed by atoms with Crippen molar-refractivity contribution in [3.63, 3.8) is 0 Å².